The highest BCUT2D eigenvalue weighted by molar-refractivity contribution is 5.81. The quantitative estimate of drug-likeness (QED) is 0.721. The zero-order chi connectivity index (χ0) is 17.5. The number of carbonyl (C=O) groups is 2. The maximum Gasteiger partial charge on any atom is 0.317 e. The average molecular weight is 352 g/mol. The SMILES string of the molecule is O=C(NCCCCN1CCCC1)N1CCN(C(=O)C2CCCO2)CC1. The molecule has 1 N–H and O–H groups in total. The molecular formula is C18H32N4O3. The minimum Gasteiger partial charge on any atom is -0.368 e. The summed E-state index contributed by atoms with van der Waals surface area (Å²) in [4.78, 5) is 30.7. The van der Waals surface area contributed by atoms with Gasteiger partial charge in [0.15, 0.2) is 0 Å². The van der Waals surface area contributed by atoms with Crippen LogP contribution in [0.15, 0.2) is 0 Å². The smallest absolute Gasteiger partial charge is 0.317 e. The van der Waals surface area contributed by atoms with Gasteiger partial charge in [0, 0.05) is 39.3 Å². The predicted octanol–water partition coefficient (Wildman–Crippen LogP) is 0.895. The number of hydrogen-bond acceptors (Lipinski definition) is 4. The lowest BCUT2D eigenvalue weighted by atomic mass is 10.2. The first-order valence-corrected chi connectivity index (χ1v) is 9.89. The molecule has 3 aliphatic rings. The molecular weight excluding hydrogens is 320 g/mol. The zero-order valence-corrected chi connectivity index (χ0v) is 15.3. The van der Waals surface area contributed by atoms with Crippen molar-refractivity contribution in [3.63, 3.8) is 0 Å². The van der Waals surface area contributed by atoms with Crippen LogP contribution < -0.4 is 5.32 Å². The molecule has 1 atom stereocenters. The predicted molar refractivity (Wildman–Crippen MR) is 95.4 cm³/mol. The Morgan fingerprint density at radius 3 is 2.32 bits per heavy atom. The Morgan fingerprint density at radius 2 is 1.64 bits per heavy atom. The number of amides is 3. The van der Waals surface area contributed by atoms with Crippen LogP contribution in [0.5, 0.6) is 0 Å². The van der Waals surface area contributed by atoms with E-state index in [0.717, 1.165) is 38.8 Å². The monoisotopic (exact) mass is 352 g/mol. The second-order valence-corrected chi connectivity index (χ2v) is 7.30. The van der Waals surface area contributed by atoms with Gasteiger partial charge in [-0.15, -0.1) is 0 Å². The van der Waals surface area contributed by atoms with Gasteiger partial charge in [-0.1, -0.05) is 0 Å². The first-order valence-electron chi connectivity index (χ1n) is 9.89. The maximum atomic E-state index is 12.3. The highest BCUT2D eigenvalue weighted by Crippen LogP contribution is 2.16. The molecule has 0 spiro atoms. The first-order chi connectivity index (χ1) is 12.2. The van der Waals surface area contributed by atoms with Gasteiger partial charge in [-0.2, -0.15) is 0 Å². The molecule has 3 rings (SSSR count). The topological polar surface area (TPSA) is 65.1 Å². The number of ether oxygens (including phenoxy) is 1. The Labute approximate surface area is 150 Å². The van der Waals surface area contributed by atoms with E-state index >= 15 is 0 Å². The molecule has 3 fully saturated rings. The summed E-state index contributed by atoms with van der Waals surface area (Å²) in [5.74, 6) is 0.0967. The number of hydrogen-bond donors (Lipinski definition) is 1. The fourth-order valence-electron chi connectivity index (χ4n) is 3.88. The van der Waals surface area contributed by atoms with Gasteiger partial charge in [-0.3, -0.25) is 4.79 Å². The van der Waals surface area contributed by atoms with Crippen molar-refractivity contribution in [2.24, 2.45) is 0 Å². The molecule has 0 aromatic carbocycles. The van der Waals surface area contributed by atoms with Crippen LogP contribution in [0, 0.1) is 0 Å². The number of nitrogens with one attached hydrogen (secondary N) is 1. The lowest BCUT2D eigenvalue weighted by Gasteiger charge is -2.35. The summed E-state index contributed by atoms with van der Waals surface area (Å²) >= 11 is 0. The second kappa shape index (κ2) is 9.38. The molecule has 3 heterocycles. The van der Waals surface area contributed by atoms with Gasteiger partial charge in [0.25, 0.3) is 5.91 Å². The molecule has 3 amide bonds. The Kier molecular flexibility index (Phi) is 6.93. The molecule has 142 valence electrons. The molecule has 1 unspecified atom stereocenters. The molecule has 0 aromatic heterocycles. The van der Waals surface area contributed by atoms with Gasteiger partial charge in [0.2, 0.25) is 0 Å². The van der Waals surface area contributed by atoms with Crippen molar-refractivity contribution >= 4 is 11.9 Å². The van der Waals surface area contributed by atoms with E-state index in [2.05, 4.69) is 10.2 Å². The van der Waals surface area contributed by atoms with Gasteiger partial charge < -0.3 is 24.8 Å². The molecule has 0 radical (unpaired) electrons. The average Bonchev–Trinajstić information content (AvgIpc) is 3.34. The van der Waals surface area contributed by atoms with Crippen LogP contribution in [0.25, 0.3) is 0 Å². The Morgan fingerprint density at radius 1 is 0.920 bits per heavy atom. The van der Waals surface area contributed by atoms with E-state index < -0.39 is 0 Å². The molecule has 7 nitrogen and oxygen atoms in total. The van der Waals surface area contributed by atoms with Crippen LogP contribution in [0.4, 0.5) is 4.79 Å². The van der Waals surface area contributed by atoms with Crippen molar-refractivity contribution in [2.75, 3.05) is 59.0 Å². The van der Waals surface area contributed by atoms with Gasteiger partial charge in [0.05, 0.1) is 0 Å². The van der Waals surface area contributed by atoms with E-state index in [1.165, 1.54) is 25.9 Å². The largest absolute Gasteiger partial charge is 0.368 e. The molecule has 0 aliphatic carbocycles. The minimum absolute atomic E-state index is 0.00499. The van der Waals surface area contributed by atoms with Crippen LogP contribution in [0.1, 0.15) is 38.5 Å². The standard InChI is InChI=1S/C18H32N4O3/c23-17(16-6-5-15-25-16)21-11-13-22(14-12-21)18(24)19-7-1-2-8-20-9-3-4-10-20/h16H,1-15H2,(H,19,24). The number of piperazine rings is 1. The summed E-state index contributed by atoms with van der Waals surface area (Å²) < 4.78 is 5.47. The van der Waals surface area contributed by atoms with E-state index in [1.807, 2.05) is 9.80 Å². The summed E-state index contributed by atoms with van der Waals surface area (Å²) in [7, 11) is 0. The molecule has 3 saturated heterocycles. The Balaban J connectivity index is 1.26. The lowest BCUT2D eigenvalue weighted by molar-refractivity contribution is -0.142. The van der Waals surface area contributed by atoms with E-state index in [9.17, 15) is 9.59 Å². The minimum atomic E-state index is -0.254. The van der Waals surface area contributed by atoms with Crippen LogP contribution in [-0.4, -0.2) is 91.7 Å². The van der Waals surface area contributed by atoms with Gasteiger partial charge in [-0.25, -0.2) is 4.79 Å². The van der Waals surface area contributed by atoms with Gasteiger partial charge >= 0.3 is 6.03 Å². The number of unbranched alkanes of at least 4 members (excludes halogenated alkanes) is 1. The third-order valence-electron chi connectivity index (χ3n) is 5.46. The normalized spacial score (nSPS) is 24.7. The van der Waals surface area contributed by atoms with E-state index in [4.69, 9.17) is 4.74 Å². The second-order valence-electron chi connectivity index (χ2n) is 7.30. The third kappa shape index (κ3) is 5.31. The highest BCUT2D eigenvalue weighted by Gasteiger charge is 2.31. The van der Waals surface area contributed by atoms with E-state index in [1.54, 1.807) is 0 Å². The molecule has 3 aliphatic heterocycles. The van der Waals surface area contributed by atoms with Crippen LogP contribution >= 0.6 is 0 Å². The van der Waals surface area contributed by atoms with E-state index in [-0.39, 0.29) is 18.0 Å². The first kappa shape index (κ1) is 18.5. The number of nitrogens with zero attached hydrogens (tertiary/aromatic N) is 3. The van der Waals surface area contributed by atoms with Crippen LogP contribution in [0.3, 0.4) is 0 Å². The highest BCUT2D eigenvalue weighted by atomic mass is 16.5. The number of carbonyl (C=O) groups excluding carboxylic acids is 2. The fraction of sp³-hybridized carbons (Fsp3) is 0.889. The summed E-state index contributed by atoms with van der Waals surface area (Å²) in [6.07, 6.45) is 6.38. The maximum absolute atomic E-state index is 12.3. The van der Waals surface area contributed by atoms with Crippen LogP contribution in [0.2, 0.25) is 0 Å². The number of urea groups is 1. The Hall–Kier alpha value is -1.34. The van der Waals surface area contributed by atoms with E-state index in [0.29, 0.717) is 32.8 Å². The fourth-order valence-corrected chi connectivity index (χ4v) is 3.88. The van der Waals surface area contributed by atoms with Crippen molar-refractivity contribution in [2.45, 2.75) is 44.6 Å². The molecule has 0 saturated carbocycles. The van der Waals surface area contributed by atoms with Gasteiger partial charge in [0.1, 0.15) is 6.10 Å². The zero-order valence-electron chi connectivity index (χ0n) is 15.3. The van der Waals surface area contributed by atoms with Crippen molar-refractivity contribution in [3.8, 4) is 0 Å². The van der Waals surface area contributed by atoms with Crippen LogP contribution in [-0.2, 0) is 9.53 Å². The lowest BCUT2D eigenvalue weighted by Crippen LogP contribution is -2.54. The summed E-state index contributed by atoms with van der Waals surface area (Å²) in [5.41, 5.74) is 0. The molecule has 0 bridgehead atoms. The Bertz CT molecular complexity index is 440. The summed E-state index contributed by atoms with van der Waals surface area (Å²) in [6.45, 7) is 7.50. The number of likely N-dealkylation sites (tertiary alicyclic amines) is 1. The third-order valence-corrected chi connectivity index (χ3v) is 5.46. The molecule has 7 heteroatoms. The van der Waals surface area contributed by atoms with Crippen molar-refractivity contribution in [1.29, 1.82) is 0 Å². The van der Waals surface area contributed by atoms with Crippen molar-refractivity contribution in [1.82, 2.24) is 20.0 Å². The number of rotatable bonds is 6. The van der Waals surface area contributed by atoms with Crippen molar-refractivity contribution in [3.05, 3.63) is 0 Å². The molecule has 0 aromatic rings. The van der Waals surface area contributed by atoms with Gasteiger partial charge in [-0.05, 0) is 58.2 Å². The summed E-state index contributed by atoms with van der Waals surface area (Å²) in [6, 6.07) is 0.00499. The van der Waals surface area contributed by atoms with Crippen molar-refractivity contribution < 1.29 is 14.3 Å². The summed E-state index contributed by atoms with van der Waals surface area (Å²) in [5, 5.41) is 3.02. The molecule has 25 heavy (non-hydrogen) atoms.